The molecule has 0 aromatic rings. The fourth-order valence-corrected chi connectivity index (χ4v) is 0.376. The van der Waals surface area contributed by atoms with Gasteiger partial charge in [0, 0.05) is 22.6 Å². The minimum absolute atomic E-state index is 0.509. The molecule has 0 aliphatic carbocycles. The van der Waals surface area contributed by atoms with Gasteiger partial charge in [-0.3, -0.25) is 0 Å². The molecule has 0 heterocycles. The molecule has 0 N–H and O–H groups in total. The van der Waals surface area contributed by atoms with Crippen molar-refractivity contribution in [3.05, 3.63) is 12.7 Å². The molecule has 1 nitrogen and oxygen atoms in total. The van der Waals surface area contributed by atoms with Crippen LogP contribution in [0.2, 0.25) is 0 Å². The Morgan fingerprint density at radius 3 is 3.00 bits per heavy atom. The maximum Gasteiger partial charge on any atom is 0.108 e. The molecule has 0 saturated heterocycles. The van der Waals surface area contributed by atoms with Crippen LogP contribution in [0, 0.1) is 9.85 Å². The minimum Gasteiger partial charge on any atom is -0.365 e. The van der Waals surface area contributed by atoms with Crippen molar-refractivity contribution in [3.8, 4) is 9.85 Å². The molecule has 0 aliphatic rings. The lowest BCUT2D eigenvalue weighted by Gasteiger charge is -1.88. The van der Waals surface area contributed by atoms with Gasteiger partial charge in [0.1, 0.15) is 6.61 Å². The van der Waals surface area contributed by atoms with E-state index in [0.29, 0.717) is 13.2 Å². The molecule has 0 aromatic heterocycles. The van der Waals surface area contributed by atoms with Crippen molar-refractivity contribution < 1.29 is 4.74 Å². The number of ether oxygens (including phenoxy) is 1. The summed E-state index contributed by atoms with van der Waals surface area (Å²) in [6.45, 7) is 4.58. The smallest absolute Gasteiger partial charge is 0.108 e. The van der Waals surface area contributed by atoms with Crippen LogP contribution in [0.15, 0.2) is 12.7 Å². The zero-order valence-corrected chi connectivity index (χ0v) is 6.64. The maximum absolute atomic E-state index is 4.93. The Balaban J connectivity index is 2.89. The van der Waals surface area contributed by atoms with Gasteiger partial charge < -0.3 is 4.74 Å². The standard InChI is InChI=1S/C6H7IO/c1-2-5-8-6-3-4-7/h2H,1,5-6H2. The molecular weight excluding hydrogens is 215 g/mol. The van der Waals surface area contributed by atoms with E-state index in [4.69, 9.17) is 4.74 Å². The van der Waals surface area contributed by atoms with E-state index in [0.717, 1.165) is 0 Å². The zero-order valence-electron chi connectivity index (χ0n) is 4.48. The van der Waals surface area contributed by atoms with E-state index in [1.807, 2.05) is 22.6 Å². The van der Waals surface area contributed by atoms with Gasteiger partial charge in [0.2, 0.25) is 0 Å². The largest absolute Gasteiger partial charge is 0.365 e. The zero-order chi connectivity index (χ0) is 6.24. The average Bonchev–Trinajstić information content (AvgIpc) is 1.81. The maximum atomic E-state index is 4.93. The summed E-state index contributed by atoms with van der Waals surface area (Å²) in [6, 6.07) is 0. The summed E-state index contributed by atoms with van der Waals surface area (Å²) in [6.07, 6.45) is 1.70. The second-order valence-electron chi connectivity index (χ2n) is 1.08. The van der Waals surface area contributed by atoms with Gasteiger partial charge in [0.05, 0.1) is 6.61 Å². The lowest BCUT2D eigenvalue weighted by molar-refractivity contribution is 0.199. The Labute approximate surface area is 63.2 Å². The molecule has 0 aliphatic heterocycles. The second kappa shape index (κ2) is 6.99. The fourth-order valence-electron chi connectivity index (χ4n) is 0.221. The van der Waals surface area contributed by atoms with Crippen LogP contribution in [0.4, 0.5) is 0 Å². The van der Waals surface area contributed by atoms with Crippen LogP contribution < -0.4 is 0 Å². The molecule has 2 heteroatoms. The topological polar surface area (TPSA) is 9.23 Å². The molecule has 44 valence electrons. The predicted octanol–water partition coefficient (Wildman–Crippen LogP) is 1.58. The summed E-state index contributed by atoms with van der Waals surface area (Å²) >= 11 is 1.97. The summed E-state index contributed by atoms with van der Waals surface area (Å²) in [4.78, 5) is 0. The van der Waals surface area contributed by atoms with E-state index in [2.05, 4.69) is 16.4 Å². The highest BCUT2D eigenvalue weighted by atomic mass is 127. The fraction of sp³-hybridized carbons (Fsp3) is 0.333. The van der Waals surface area contributed by atoms with Gasteiger partial charge in [-0.25, -0.2) is 0 Å². The monoisotopic (exact) mass is 222 g/mol. The van der Waals surface area contributed by atoms with Crippen molar-refractivity contribution in [1.29, 1.82) is 0 Å². The Kier molecular flexibility index (Phi) is 6.98. The van der Waals surface area contributed by atoms with Gasteiger partial charge in [-0.2, -0.15) is 0 Å². The van der Waals surface area contributed by atoms with Crippen molar-refractivity contribution in [2.75, 3.05) is 13.2 Å². The van der Waals surface area contributed by atoms with Crippen LogP contribution in [0.5, 0.6) is 0 Å². The molecule has 0 saturated carbocycles. The molecule has 0 rings (SSSR count). The summed E-state index contributed by atoms with van der Waals surface area (Å²) in [5.74, 6) is 2.75. The van der Waals surface area contributed by atoms with Gasteiger partial charge >= 0.3 is 0 Å². The van der Waals surface area contributed by atoms with Crippen LogP contribution in [0.1, 0.15) is 0 Å². The third-order valence-corrected chi connectivity index (χ3v) is 0.858. The van der Waals surface area contributed by atoms with Gasteiger partial charge in [-0.05, 0) is 3.93 Å². The number of hydrogen-bond acceptors (Lipinski definition) is 1. The van der Waals surface area contributed by atoms with Crippen LogP contribution in [-0.4, -0.2) is 13.2 Å². The quantitative estimate of drug-likeness (QED) is 0.305. The molecular formula is C6H7IO. The van der Waals surface area contributed by atoms with Gasteiger partial charge in [-0.15, -0.1) is 6.58 Å². The van der Waals surface area contributed by atoms with Gasteiger partial charge in [0.15, 0.2) is 0 Å². The highest BCUT2D eigenvalue weighted by Crippen LogP contribution is 1.74. The molecule has 8 heavy (non-hydrogen) atoms. The average molecular weight is 222 g/mol. The lowest BCUT2D eigenvalue weighted by atomic mass is 10.7. The molecule has 0 amide bonds. The molecule has 0 aromatic carbocycles. The summed E-state index contributed by atoms with van der Waals surface area (Å²) in [7, 11) is 0. The van der Waals surface area contributed by atoms with Crippen molar-refractivity contribution >= 4 is 22.6 Å². The molecule has 0 unspecified atom stereocenters. The first kappa shape index (κ1) is 7.99. The number of rotatable bonds is 3. The molecule has 0 radical (unpaired) electrons. The summed E-state index contributed by atoms with van der Waals surface area (Å²) in [5.41, 5.74) is 0. The third kappa shape index (κ3) is 5.99. The van der Waals surface area contributed by atoms with E-state index >= 15 is 0 Å². The third-order valence-electron chi connectivity index (χ3n) is 0.477. The van der Waals surface area contributed by atoms with Gasteiger partial charge in [0.25, 0.3) is 0 Å². The van der Waals surface area contributed by atoms with Crippen molar-refractivity contribution in [2.24, 2.45) is 0 Å². The van der Waals surface area contributed by atoms with E-state index in [-0.39, 0.29) is 0 Å². The highest BCUT2D eigenvalue weighted by molar-refractivity contribution is 14.1. The van der Waals surface area contributed by atoms with E-state index in [1.54, 1.807) is 6.08 Å². The minimum atomic E-state index is 0.509. The van der Waals surface area contributed by atoms with Crippen LogP contribution in [0.25, 0.3) is 0 Å². The Morgan fingerprint density at radius 2 is 2.50 bits per heavy atom. The van der Waals surface area contributed by atoms with Crippen molar-refractivity contribution in [1.82, 2.24) is 0 Å². The highest BCUT2D eigenvalue weighted by Gasteiger charge is 1.72. The number of hydrogen-bond donors (Lipinski definition) is 0. The van der Waals surface area contributed by atoms with Crippen LogP contribution in [-0.2, 0) is 4.74 Å². The molecule has 0 spiro atoms. The van der Waals surface area contributed by atoms with Crippen molar-refractivity contribution in [2.45, 2.75) is 0 Å². The van der Waals surface area contributed by atoms with Gasteiger partial charge in [-0.1, -0.05) is 12.0 Å². The Morgan fingerprint density at radius 1 is 1.75 bits per heavy atom. The first-order valence-electron chi connectivity index (χ1n) is 2.19. The summed E-state index contributed by atoms with van der Waals surface area (Å²) in [5, 5.41) is 0. The van der Waals surface area contributed by atoms with E-state index in [9.17, 15) is 0 Å². The Bertz CT molecular complexity index is 109. The molecule has 0 bridgehead atoms. The summed E-state index contributed by atoms with van der Waals surface area (Å²) < 4.78 is 7.61. The first-order valence-corrected chi connectivity index (χ1v) is 3.27. The normalized spacial score (nSPS) is 7.12. The van der Waals surface area contributed by atoms with Crippen LogP contribution in [0.3, 0.4) is 0 Å². The molecule has 0 atom stereocenters. The van der Waals surface area contributed by atoms with E-state index in [1.165, 1.54) is 0 Å². The lowest BCUT2D eigenvalue weighted by Crippen LogP contribution is -1.88. The van der Waals surface area contributed by atoms with Crippen molar-refractivity contribution in [3.63, 3.8) is 0 Å². The predicted molar refractivity (Wildman–Crippen MR) is 42.8 cm³/mol. The SMILES string of the molecule is C=CCOCC#CI. The second-order valence-corrected chi connectivity index (χ2v) is 1.61. The van der Waals surface area contributed by atoms with E-state index < -0.39 is 0 Å². The number of halogens is 1. The first-order chi connectivity index (χ1) is 3.91. The molecule has 0 fully saturated rings. The van der Waals surface area contributed by atoms with Crippen LogP contribution >= 0.6 is 22.6 Å². The Hall–Kier alpha value is -0.0100.